The van der Waals surface area contributed by atoms with Crippen LogP contribution < -0.4 is 11.1 Å². The number of piperidine rings is 3. The highest BCUT2D eigenvalue weighted by Crippen LogP contribution is 2.31. The first-order valence-corrected chi connectivity index (χ1v) is 19.6. The number of hydrogen-bond donors (Lipinski definition) is 2. The van der Waals surface area contributed by atoms with Crippen LogP contribution in [-0.4, -0.2) is 126 Å². The maximum Gasteiger partial charge on any atom is 0.322 e. The molecule has 270 valence electrons. The Morgan fingerprint density at radius 1 is 0.900 bits per heavy atom. The summed E-state index contributed by atoms with van der Waals surface area (Å²) in [6.45, 7) is 5.73. The number of ketones is 1. The number of rotatable bonds is 9. The quantitative estimate of drug-likeness (QED) is 0.263. The van der Waals surface area contributed by atoms with Crippen molar-refractivity contribution in [2.45, 2.75) is 75.9 Å². The molecule has 0 aliphatic carbocycles. The van der Waals surface area contributed by atoms with E-state index in [0.717, 1.165) is 43.6 Å². The van der Waals surface area contributed by atoms with Gasteiger partial charge >= 0.3 is 6.03 Å². The summed E-state index contributed by atoms with van der Waals surface area (Å²) in [6, 6.07) is 10.7. The van der Waals surface area contributed by atoms with Crippen LogP contribution in [0.2, 0.25) is 0 Å². The molecule has 4 heterocycles. The summed E-state index contributed by atoms with van der Waals surface area (Å²) >= 11 is 6.86. The highest BCUT2D eigenvalue weighted by atomic mass is 79.9. The smallest absolute Gasteiger partial charge is 0.322 e. The van der Waals surface area contributed by atoms with Gasteiger partial charge in [0.1, 0.15) is 6.04 Å². The van der Waals surface area contributed by atoms with E-state index in [1.807, 2.05) is 29.2 Å². The molecule has 0 saturated carbocycles. The third-order valence-corrected chi connectivity index (χ3v) is 12.4. The Labute approximate surface area is 312 Å². The van der Waals surface area contributed by atoms with Crippen molar-refractivity contribution in [3.05, 3.63) is 56.5 Å². The van der Waals surface area contributed by atoms with Crippen molar-refractivity contribution in [3.8, 4) is 0 Å². The van der Waals surface area contributed by atoms with E-state index in [1.54, 1.807) is 24.1 Å². The second-order valence-corrected chi connectivity index (χ2v) is 15.9. The van der Waals surface area contributed by atoms with Gasteiger partial charge in [-0.05, 0) is 114 Å². The minimum Gasteiger partial charge on any atom is -0.397 e. The van der Waals surface area contributed by atoms with Crippen molar-refractivity contribution in [1.82, 2.24) is 24.5 Å². The van der Waals surface area contributed by atoms with Crippen LogP contribution in [0.5, 0.6) is 0 Å². The molecule has 4 aliphatic heterocycles. The standard InChI is InChI=1S/C37H49Br2N7O4/c1-42(34(48)24-43-16-10-27(11-17-43)44-14-5-2-6-15-44)32(23-33(47)26-21-29(38)35(40)30(39)22-26)36(49)45-18-12-28(13-19-45)46-20-9-25-7-3-4-8-31(25)41-37(46)50/h3-4,7-8,21-22,27-28,32H,2,5-6,9-20,23-24,40H2,1H3,(H,41,50)/t32-/m1/s1. The zero-order chi connectivity index (χ0) is 35.4. The molecule has 1 atom stereocenters. The normalized spacial score (nSPS) is 20.5. The van der Waals surface area contributed by atoms with Crippen LogP contribution in [0.3, 0.4) is 0 Å². The largest absolute Gasteiger partial charge is 0.397 e. The molecule has 13 heteroatoms. The summed E-state index contributed by atoms with van der Waals surface area (Å²) in [6.07, 6.45) is 7.78. The number of anilines is 2. The van der Waals surface area contributed by atoms with Crippen LogP contribution in [0.15, 0.2) is 45.3 Å². The monoisotopic (exact) mass is 813 g/mol. The van der Waals surface area contributed by atoms with Gasteiger partial charge in [0.2, 0.25) is 11.8 Å². The minimum absolute atomic E-state index is 0.00912. The topological polar surface area (TPSA) is 123 Å². The number of likely N-dealkylation sites (N-methyl/N-ethyl adjacent to an activating group) is 1. The van der Waals surface area contributed by atoms with Crippen LogP contribution in [0.25, 0.3) is 0 Å². The predicted octanol–water partition coefficient (Wildman–Crippen LogP) is 5.23. The number of hydrogen-bond acceptors (Lipinski definition) is 7. The number of nitrogens with two attached hydrogens (primary N) is 1. The molecule has 3 N–H and O–H groups in total. The van der Waals surface area contributed by atoms with Crippen molar-refractivity contribution in [3.63, 3.8) is 0 Å². The second kappa shape index (κ2) is 16.6. The fourth-order valence-corrected chi connectivity index (χ4v) is 9.16. The lowest BCUT2D eigenvalue weighted by atomic mass is 9.98. The number of halogens is 2. The minimum atomic E-state index is -0.955. The number of amides is 4. The molecule has 50 heavy (non-hydrogen) atoms. The van der Waals surface area contributed by atoms with E-state index in [2.05, 4.69) is 47.0 Å². The Bertz CT molecular complexity index is 1550. The highest BCUT2D eigenvalue weighted by molar-refractivity contribution is 9.11. The van der Waals surface area contributed by atoms with Crippen LogP contribution in [0, 0.1) is 0 Å². The Morgan fingerprint density at radius 2 is 1.54 bits per heavy atom. The summed E-state index contributed by atoms with van der Waals surface area (Å²) in [7, 11) is 1.65. The van der Waals surface area contributed by atoms with Crippen molar-refractivity contribution in [1.29, 1.82) is 0 Å². The molecule has 6 rings (SSSR count). The zero-order valence-electron chi connectivity index (χ0n) is 28.9. The molecule has 11 nitrogen and oxygen atoms in total. The molecule has 4 aliphatic rings. The van der Waals surface area contributed by atoms with Gasteiger partial charge in [-0.2, -0.15) is 0 Å². The number of nitrogens with one attached hydrogen (secondary N) is 1. The number of urea groups is 1. The SMILES string of the molecule is CN(C(=O)CN1CCC(N2CCCCC2)CC1)[C@H](CC(=O)c1cc(Br)c(N)c(Br)c1)C(=O)N1CCC(N2CCc3ccccc3NC2=O)CC1. The van der Waals surface area contributed by atoms with Gasteiger partial charge in [0.15, 0.2) is 5.78 Å². The third kappa shape index (κ3) is 8.54. The van der Waals surface area contributed by atoms with Crippen molar-refractivity contribution in [2.75, 3.05) is 70.5 Å². The van der Waals surface area contributed by atoms with E-state index >= 15 is 0 Å². The average molecular weight is 816 g/mol. The van der Waals surface area contributed by atoms with Gasteiger partial charge in [0.05, 0.1) is 12.2 Å². The van der Waals surface area contributed by atoms with E-state index in [4.69, 9.17) is 5.73 Å². The maximum absolute atomic E-state index is 14.3. The number of likely N-dealkylation sites (tertiary alicyclic amines) is 3. The fourth-order valence-electron chi connectivity index (χ4n) is 7.98. The van der Waals surface area contributed by atoms with Gasteiger partial charge < -0.3 is 30.7 Å². The lowest BCUT2D eigenvalue weighted by Gasteiger charge is -2.41. The molecule has 3 saturated heterocycles. The van der Waals surface area contributed by atoms with Gasteiger partial charge in [-0.1, -0.05) is 24.6 Å². The van der Waals surface area contributed by atoms with E-state index < -0.39 is 6.04 Å². The van der Waals surface area contributed by atoms with Crippen molar-refractivity contribution >= 4 is 66.9 Å². The summed E-state index contributed by atoms with van der Waals surface area (Å²) in [5.74, 6) is -0.650. The Balaban J connectivity index is 1.11. The van der Waals surface area contributed by atoms with E-state index in [-0.39, 0.29) is 42.6 Å². The molecule has 2 aromatic carbocycles. The molecule has 0 radical (unpaired) electrons. The fraction of sp³-hybridized carbons (Fsp3) is 0.568. The number of Topliss-reactive ketones (excluding diaryl/α,β-unsaturated/α-hetero) is 1. The first-order chi connectivity index (χ1) is 24.1. The van der Waals surface area contributed by atoms with Crippen molar-refractivity contribution < 1.29 is 19.2 Å². The number of nitrogens with zero attached hydrogens (tertiary/aromatic N) is 5. The lowest BCUT2D eigenvalue weighted by Crippen LogP contribution is -2.56. The van der Waals surface area contributed by atoms with Crippen LogP contribution >= 0.6 is 31.9 Å². The number of carbonyl (C=O) groups excluding carboxylic acids is 4. The van der Waals surface area contributed by atoms with Crippen LogP contribution in [-0.2, 0) is 16.0 Å². The van der Waals surface area contributed by atoms with Gasteiger partial charge in [-0.15, -0.1) is 0 Å². The Hall–Kier alpha value is -3.00. The van der Waals surface area contributed by atoms with E-state index in [9.17, 15) is 19.2 Å². The molecule has 0 aromatic heterocycles. The number of benzene rings is 2. The van der Waals surface area contributed by atoms with Gasteiger partial charge in [0.25, 0.3) is 0 Å². The molecule has 4 amide bonds. The molecule has 0 spiro atoms. The van der Waals surface area contributed by atoms with E-state index in [0.29, 0.717) is 58.7 Å². The first kappa shape index (κ1) is 36.8. The number of para-hydroxylation sites is 1. The maximum atomic E-state index is 14.3. The van der Waals surface area contributed by atoms with Crippen LogP contribution in [0.4, 0.5) is 16.2 Å². The number of nitrogen functional groups attached to an aromatic ring is 1. The highest BCUT2D eigenvalue weighted by Gasteiger charge is 2.37. The van der Waals surface area contributed by atoms with Gasteiger partial charge in [-0.25, -0.2) is 4.79 Å². The average Bonchev–Trinajstić information content (AvgIpc) is 3.30. The predicted molar refractivity (Wildman–Crippen MR) is 202 cm³/mol. The number of fused-ring (bicyclic) bond motifs is 1. The zero-order valence-corrected chi connectivity index (χ0v) is 32.1. The molecule has 2 aromatic rings. The van der Waals surface area contributed by atoms with Crippen LogP contribution in [0.1, 0.15) is 67.3 Å². The van der Waals surface area contributed by atoms with Crippen molar-refractivity contribution in [2.24, 2.45) is 0 Å². The molecular weight excluding hydrogens is 766 g/mol. The summed E-state index contributed by atoms with van der Waals surface area (Å²) in [4.78, 5) is 65.0. The molecule has 0 unspecified atom stereocenters. The summed E-state index contributed by atoms with van der Waals surface area (Å²) < 4.78 is 1.16. The lowest BCUT2D eigenvalue weighted by molar-refractivity contribution is -0.146. The molecule has 0 bridgehead atoms. The van der Waals surface area contributed by atoms with Gasteiger partial charge in [0, 0.05) is 78.5 Å². The Kier molecular flexibility index (Phi) is 12.2. The van der Waals surface area contributed by atoms with Gasteiger partial charge in [-0.3, -0.25) is 19.3 Å². The third-order valence-electron chi connectivity index (χ3n) is 11.1. The Morgan fingerprint density at radius 3 is 2.22 bits per heavy atom. The second-order valence-electron chi connectivity index (χ2n) is 14.2. The summed E-state index contributed by atoms with van der Waals surface area (Å²) in [5, 5.41) is 3.05. The number of carbonyl (C=O) groups is 4. The van der Waals surface area contributed by atoms with E-state index in [1.165, 1.54) is 37.3 Å². The first-order valence-electron chi connectivity index (χ1n) is 18.0. The molecule has 3 fully saturated rings. The molecular formula is C37H49Br2N7O4. The summed E-state index contributed by atoms with van der Waals surface area (Å²) in [5.41, 5.74) is 8.92.